The quantitative estimate of drug-likeness (QED) is 0.663. The number of carbonyl (C=O) groups is 1. The van der Waals surface area contributed by atoms with E-state index in [1.165, 1.54) is 0 Å². The predicted octanol–water partition coefficient (Wildman–Crippen LogP) is 0.176. The van der Waals surface area contributed by atoms with Crippen LogP contribution in [0.2, 0.25) is 0 Å². The molecule has 15 heavy (non-hydrogen) atoms. The maximum absolute atomic E-state index is 12.2. The number of carbonyl (C=O) groups excluding carboxylic acids is 1. The van der Waals surface area contributed by atoms with Gasteiger partial charge in [0.1, 0.15) is 6.04 Å². The average Bonchev–Trinajstić information content (AvgIpc) is 2.65. The molecule has 1 fully saturated rings. The van der Waals surface area contributed by atoms with E-state index in [0.29, 0.717) is 10.7 Å². The first-order valence-corrected chi connectivity index (χ1v) is 5.78. The van der Waals surface area contributed by atoms with Crippen molar-refractivity contribution in [1.29, 1.82) is 0 Å². The predicted molar refractivity (Wildman–Crippen MR) is 46.7 cm³/mol. The fourth-order valence-corrected chi connectivity index (χ4v) is 2.65. The van der Waals surface area contributed by atoms with Crippen LogP contribution in [0.5, 0.6) is 0 Å². The first-order valence-electron chi connectivity index (χ1n) is 4.28. The third kappa shape index (κ3) is 2.25. The first-order chi connectivity index (χ1) is 6.91. The average molecular weight is 243 g/mol. The molecule has 88 valence electrons. The normalized spacial score (nSPS) is 23.3. The summed E-state index contributed by atoms with van der Waals surface area (Å²) in [5, 5.41) is 0. The largest absolute Gasteiger partial charge is 0.468 e. The molecular formula is C7H11F2NO4S. The third-order valence-electron chi connectivity index (χ3n) is 2.23. The van der Waals surface area contributed by atoms with Crippen LogP contribution in [0.1, 0.15) is 12.8 Å². The Morgan fingerprint density at radius 3 is 2.60 bits per heavy atom. The molecule has 5 nitrogen and oxygen atoms in total. The van der Waals surface area contributed by atoms with Gasteiger partial charge >= 0.3 is 11.7 Å². The van der Waals surface area contributed by atoms with Crippen LogP contribution in [0.3, 0.4) is 0 Å². The van der Waals surface area contributed by atoms with Gasteiger partial charge in [-0.05, 0) is 12.8 Å². The van der Waals surface area contributed by atoms with Gasteiger partial charge in [-0.25, -0.2) is 8.42 Å². The lowest BCUT2D eigenvalue weighted by molar-refractivity contribution is -0.144. The van der Waals surface area contributed by atoms with Crippen molar-refractivity contribution < 1.29 is 26.7 Å². The molecule has 0 spiro atoms. The highest BCUT2D eigenvalue weighted by molar-refractivity contribution is 7.89. The van der Waals surface area contributed by atoms with Crippen molar-refractivity contribution >= 4 is 16.0 Å². The molecule has 1 aliphatic rings. The minimum Gasteiger partial charge on any atom is -0.468 e. The minimum absolute atomic E-state index is 0.0631. The number of hydrogen-bond acceptors (Lipinski definition) is 4. The van der Waals surface area contributed by atoms with Crippen molar-refractivity contribution in [1.82, 2.24) is 4.31 Å². The Kier molecular flexibility index (Phi) is 3.61. The number of halogens is 2. The highest BCUT2D eigenvalue weighted by Gasteiger charge is 2.43. The van der Waals surface area contributed by atoms with Gasteiger partial charge in [0.2, 0.25) is 0 Å². The van der Waals surface area contributed by atoms with Crippen molar-refractivity contribution in [2.45, 2.75) is 24.6 Å². The van der Waals surface area contributed by atoms with Crippen LogP contribution in [-0.2, 0) is 19.6 Å². The number of rotatable bonds is 3. The van der Waals surface area contributed by atoms with Gasteiger partial charge in [0, 0.05) is 6.54 Å². The molecule has 0 aliphatic carbocycles. The van der Waals surface area contributed by atoms with Crippen molar-refractivity contribution in [3.05, 3.63) is 0 Å². The Morgan fingerprint density at radius 1 is 1.53 bits per heavy atom. The topological polar surface area (TPSA) is 63.7 Å². The lowest BCUT2D eigenvalue weighted by atomic mass is 10.2. The van der Waals surface area contributed by atoms with Crippen LogP contribution in [-0.4, -0.2) is 44.1 Å². The Hall–Kier alpha value is -0.760. The summed E-state index contributed by atoms with van der Waals surface area (Å²) < 4.78 is 51.6. The number of ether oxygens (including phenoxy) is 1. The molecule has 0 amide bonds. The smallest absolute Gasteiger partial charge is 0.350 e. The number of methoxy groups -OCH3 is 1. The summed E-state index contributed by atoms with van der Waals surface area (Å²) in [6.45, 7) is -0.0631. The van der Waals surface area contributed by atoms with E-state index >= 15 is 0 Å². The molecule has 1 heterocycles. The van der Waals surface area contributed by atoms with E-state index in [1.54, 1.807) is 0 Å². The molecule has 0 N–H and O–H groups in total. The molecule has 0 aromatic rings. The number of alkyl halides is 2. The zero-order chi connectivity index (χ0) is 11.6. The zero-order valence-electron chi connectivity index (χ0n) is 8.02. The van der Waals surface area contributed by atoms with Gasteiger partial charge in [0.15, 0.2) is 0 Å². The highest BCUT2D eigenvalue weighted by Crippen LogP contribution is 2.25. The van der Waals surface area contributed by atoms with Crippen molar-refractivity contribution in [3.8, 4) is 0 Å². The Bertz CT molecular complexity index is 343. The summed E-state index contributed by atoms with van der Waals surface area (Å²) in [5.41, 5.74) is 0. The number of esters is 1. The van der Waals surface area contributed by atoms with Gasteiger partial charge in [-0.3, -0.25) is 4.79 Å². The molecule has 0 aromatic heterocycles. The van der Waals surface area contributed by atoms with Gasteiger partial charge in [-0.1, -0.05) is 0 Å². The SMILES string of the molecule is COC(=O)C1CCCN1S(=O)(=O)C(F)F. The lowest BCUT2D eigenvalue weighted by Gasteiger charge is -2.21. The Morgan fingerprint density at radius 2 is 2.13 bits per heavy atom. The third-order valence-corrected chi connectivity index (χ3v) is 3.77. The second-order valence-corrected chi connectivity index (χ2v) is 4.95. The summed E-state index contributed by atoms with van der Waals surface area (Å²) in [7, 11) is -3.59. The summed E-state index contributed by atoms with van der Waals surface area (Å²) in [6, 6.07) is -1.10. The fraction of sp³-hybridized carbons (Fsp3) is 0.857. The summed E-state index contributed by atoms with van der Waals surface area (Å²) in [5.74, 6) is -4.29. The van der Waals surface area contributed by atoms with E-state index < -0.39 is 27.8 Å². The van der Waals surface area contributed by atoms with Crippen molar-refractivity contribution in [3.63, 3.8) is 0 Å². The number of nitrogens with zero attached hydrogens (tertiary/aromatic N) is 1. The summed E-state index contributed by atoms with van der Waals surface area (Å²) >= 11 is 0. The standard InChI is InChI=1S/C7H11F2NO4S/c1-14-6(11)5-3-2-4-10(5)15(12,13)7(8)9/h5,7H,2-4H2,1H3. The van der Waals surface area contributed by atoms with Crippen molar-refractivity contribution in [2.24, 2.45) is 0 Å². The zero-order valence-corrected chi connectivity index (χ0v) is 8.84. The highest BCUT2D eigenvalue weighted by atomic mass is 32.2. The molecule has 8 heteroatoms. The molecule has 0 bridgehead atoms. The first kappa shape index (κ1) is 12.3. The van der Waals surface area contributed by atoms with E-state index in [9.17, 15) is 22.0 Å². The van der Waals surface area contributed by atoms with Crippen LogP contribution in [0, 0.1) is 0 Å². The minimum atomic E-state index is -4.68. The van der Waals surface area contributed by atoms with Gasteiger partial charge < -0.3 is 4.74 Å². The van der Waals surface area contributed by atoms with Gasteiger partial charge in [-0.2, -0.15) is 13.1 Å². The Balaban J connectivity index is 2.91. The maximum Gasteiger partial charge on any atom is 0.350 e. The van der Waals surface area contributed by atoms with Crippen molar-refractivity contribution in [2.75, 3.05) is 13.7 Å². The lowest BCUT2D eigenvalue weighted by Crippen LogP contribution is -2.43. The van der Waals surface area contributed by atoms with E-state index in [2.05, 4.69) is 4.74 Å². The molecule has 0 radical (unpaired) electrons. The molecule has 1 rings (SSSR count). The molecule has 1 unspecified atom stereocenters. The molecule has 1 atom stereocenters. The summed E-state index contributed by atoms with van der Waals surface area (Å²) in [6.07, 6.45) is 0.602. The van der Waals surface area contributed by atoms with Crippen LogP contribution in [0.25, 0.3) is 0 Å². The Labute approximate surface area is 86.0 Å². The summed E-state index contributed by atoms with van der Waals surface area (Å²) in [4.78, 5) is 11.1. The monoisotopic (exact) mass is 243 g/mol. The number of sulfonamides is 1. The molecule has 0 aromatic carbocycles. The van der Waals surface area contributed by atoms with E-state index in [-0.39, 0.29) is 13.0 Å². The van der Waals surface area contributed by atoms with E-state index in [0.717, 1.165) is 7.11 Å². The number of hydrogen-bond donors (Lipinski definition) is 0. The van der Waals surface area contributed by atoms with Gasteiger partial charge in [0.05, 0.1) is 7.11 Å². The molecular weight excluding hydrogens is 232 g/mol. The van der Waals surface area contributed by atoms with Gasteiger partial charge in [-0.15, -0.1) is 0 Å². The van der Waals surface area contributed by atoms with Crippen LogP contribution < -0.4 is 0 Å². The fourth-order valence-electron chi connectivity index (χ4n) is 1.52. The molecule has 0 saturated carbocycles. The molecule has 1 aliphatic heterocycles. The maximum atomic E-state index is 12.2. The van der Waals surface area contributed by atoms with Gasteiger partial charge in [0.25, 0.3) is 10.0 Å². The second kappa shape index (κ2) is 4.40. The second-order valence-electron chi connectivity index (χ2n) is 3.10. The van der Waals surface area contributed by atoms with Crippen LogP contribution in [0.4, 0.5) is 8.78 Å². The van der Waals surface area contributed by atoms with Crippen LogP contribution in [0.15, 0.2) is 0 Å². The molecule has 1 saturated heterocycles. The van der Waals surface area contributed by atoms with E-state index in [4.69, 9.17) is 0 Å². The van der Waals surface area contributed by atoms with E-state index in [1.807, 2.05) is 0 Å². The van der Waals surface area contributed by atoms with Crippen LogP contribution >= 0.6 is 0 Å².